The van der Waals surface area contributed by atoms with Gasteiger partial charge in [-0.3, -0.25) is 4.79 Å². The Morgan fingerprint density at radius 2 is 1.83 bits per heavy atom. The lowest BCUT2D eigenvalue weighted by Gasteiger charge is -2.46. The number of amides is 1. The molecule has 30 heavy (non-hydrogen) atoms. The Morgan fingerprint density at radius 1 is 1.20 bits per heavy atom. The fourth-order valence-electron chi connectivity index (χ4n) is 4.24. The van der Waals surface area contributed by atoms with Crippen LogP contribution < -0.4 is 25.4 Å². The van der Waals surface area contributed by atoms with Crippen molar-refractivity contribution in [3.8, 4) is 17.6 Å². The second-order valence-corrected chi connectivity index (χ2v) is 9.03. The minimum Gasteiger partial charge on any atom is -0.493 e. The van der Waals surface area contributed by atoms with Crippen LogP contribution in [0.25, 0.3) is 0 Å². The van der Waals surface area contributed by atoms with Gasteiger partial charge in [0.1, 0.15) is 11.6 Å². The van der Waals surface area contributed by atoms with E-state index in [-0.39, 0.29) is 28.6 Å². The lowest BCUT2D eigenvalue weighted by molar-refractivity contribution is -0.117. The van der Waals surface area contributed by atoms with Crippen LogP contribution in [0, 0.1) is 11.3 Å². The summed E-state index contributed by atoms with van der Waals surface area (Å²) in [6.45, 7) is 9.08. The Kier molecular flexibility index (Phi) is 7.74. The number of methoxy groups -OCH3 is 2. The highest BCUT2D eigenvalue weighted by atomic mass is 16.5. The van der Waals surface area contributed by atoms with Crippen LogP contribution in [0.2, 0.25) is 0 Å². The molecule has 0 unspecified atom stereocenters. The smallest absolute Gasteiger partial charge is 0.263 e. The second kappa shape index (κ2) is 9.86. The maximum atomic E-state index is 12.4. The first-order valence-corrected chi connectivity index (χ1v) is 10.2. The molecule has 0 atom stereocenters. The van der Waals surface area contributed by atoms with Gasteiger partial charge in [-0.05, 0) is 64.7 Å². The quantitative estimate of drug-likeness (QED) is 0.447. The van der Waals surface area contributed by atoms with Gasteiger partial charge in [-0.15, -0.1) is 0 Å². The van der Waals surface area contributed by atoms with Gasteiger partial charge < -0.3 is 25.4 Å². The van der Waals surface area contributed by atoms with Gasteiger partial charge in [0, 0.05) is 29.9 Å². The average molecular weight is 415 g/mol. The number of carbonyl (C=O) groups is 1. The van der Waals surface area contributed by atoms with E-state index in [1.54, 1.807) is 20.4 Å². The summed E-state index contributed by atoms with van der Waals surface area (Å²) < 4.78 is 10.5. The number of carbonyl (C=O) groups excluding carboxylic acids is 1. The molecule has 1 aromatic carbocycles. The minimum atomic E-state index is -0.377. The number of hydrogen-bond donors (Lipinski definition) is 3. The van der Waals surface area contributed by atoms with E-state index in [0.717, 1.165) is 18.4 Å². The fourth-order valence-corrected chi connectivity index (χ4v) is 4.24. The molecule has 0 aromatic heterocycles. The molecule has 1 aromatic rings. The van der Waals surface area contributed by atoms with Crippen LogP contribution in [0.4, 0.5) is 0 Å². The van der Waals surface area contributed by atoms with Crippen LogP contribution >= 0.6 is 0 Å². The number of nitriles is 1. The highest BCUT2D eigenvalue weighted by Gasteiger charge is 2.37. The van der Waals surface area contributed by atoms with Crippen LogP contribution in [0.1, 0.15) is 46.1 Å². The van der Waals surface area contributed by atoms with Gasteiger partial charge in [-0.1, -0.05) is 6.07 Å². The Balaban J connectivity index is 1.91. The predicted molar refractivity (Wildman–Crippen MR) is 117 cm³/mol. The molecule has 1 fully saturated rings. The molecule has 1 amide bonds. The summed E-state index contributed by atoms with van der Waals surface area (Å²) in [5, 5.41) is 19.1. The monoisotopic (exact) mass is 414 g/mol. The van der Waals surface area contributed by atoms with Crippen molar-refractivity contribution >= 4 is 5.91 Å². The van der Waals surface area contributed by atoms with E-state index in [1.807, 2.05) is 24.3 Å². The third-order valence-electron chi connectivity index (χ3n) is 5.17. The molecule has 3 N–H and O–H groups in total. The molecule has 1 heterocycles. The molecule has 164 valence electrons. The lowest BCUT2D eigenvalue weighted by Crippen LogP contribution is -2.61. The molecular formula is C23H34N4O3. The van der Waals surface area contributed by atoms with E-state index in [9.17, 15) is 10.1 Å². The Bertz CT molecular complexity index is 808. The number of piperidine rings is 1. The van der Waals surface area contributed by atoms with Crippen molar-refractivity contribution in [1.82, 2.24) is 16.0 Å². The summed E-state index contributed by atoms with van der Waals surface area (Å²) >= 11 is 0. The Labute approximate surface area is 179 Å². The van der Waals surface area contributed by atoms with Crippen LogP contribution in [0.15, 0.2) is 30.0 Å². The Hall–Kier alpha value is -2.72. The van der Waals surface area contributed by atoms with Gasteiger partial charge in [-0.2, -0.15) is 5.26 Å². The summed E-state index contributed by atoms with van der Waals surface area (Å²) in [4.78, 5) is 12.4. The second-order valence-electron chi connectivity index (χ2n) is 9.03. The third kappa shape index (κ3) is 6.67. The molecule has 0 radical (unpaired) electrons. The zero-order chi connectivity index (χ0) is 22.4. The first-order chi connectivity index (χ1) is 14.1. The van der Waals surface area contributed by atoms with E-state index in [2.05, 4.69) is 43.6 Å². The number of hydrogen-bond acceptors (Lipinski definition) is 6. The van der Waals surface area contributed by atoms with Crippen LogP contribution in [0.3, 0.4) is 0 Å². The topological polar surface area (TPSA) is 95.4 Å². The van der Waals surface area contributed by atoms with Crippen LogP contribution in [0.5, 0.6) is 11.5 Å². The van der Waals surface area contributed by atoms with Crippen molar-refractivity contribution in [2.24, 2.45) is 0 Å². The van der Waals surface area contributed by atoms with E-state index in [1.165, 1.54) is 0 Å². The molecule has 0 aliphatic carbocycles. The van der Waals surface area contributed by atoms with Crippen molar-refractivity contribution in [2.75, 3.05) is 20.8 Å². The molecule has 2 rings (SSSR count). The van der Waals surface area contributed by atoms with E-state index in [0.29, 0.717) is 24.5 Å². The van der Waals surface area contributed by atoms with Gasteiger partial charge in [0.05, 0.1) is 14.2 Å². The maximum absolute atomic E-state index is 12.4. The molecule has 0 saturated carbocycles. The van der Waals surface area contributed by atoms with Crippen molar-refractivity contribution in [1.29, 1.82) is 5.26 Å². The number of nitrogens with one attached hydrogen (secondary N) is 3. The van der Waals surface area contributed by atoms with E-state index in [4.69, 9.17) is 9.47 Å². The highest BCUT2D eigenvalue weighted by molar-refractivity contribution is 5.97. The molecule has 0 spiro atoms. The Morgan fingerprint density at radius 3 is 2.40 bits per heavy atom. The maximum Gasteiger partial charge on any atom is 0.263 e. The molecular weight excluding hydrogens is 380 g/mol. The SMILES string of the molecule is COc1ccc(CCNC(=O)/C(C#N)=C\NC2CC(C)(C)NC(C)(C)C2)cc1OC. The summed E-state index contributed by atoms with van der Waals surface area (Å²) in [6, 6.07) is 7.84. The van der Waals surface area contributed by atoms with Crippen LogP contribution in [-0.4, -0.2) is 43.8 Å². The predicted octanol–water partition coefficient (Wildman–Crippen LogP) is 2.67. The van der Waals surface area contributed by atoms with Crippen molar-refractivity contribution in [3.63, 3.8) is 0 Å². The van der Waals surface area contributed by atoms with Gasteiger partial charge in [0.25, 0.3) is 5.91 Å². The molecule has 0 bridgehead atoms. The largest absolute Gasteiger partial charge is 0.493 e. The van der Waals surface area contributed by atoms with Gasteiger partial charge >= 0.3 is 0 Å². The fraction of sp³-hybridized carbons (Fsp3) is 0.565. The first-order valence-electron chi connectivity index (χ1n) is 10.2. The summed E-state index contributed by atoms with van der Waals surface area (Å²) in [7, 11) is 3.18. The first kappa shape index (κ1) is 23.6. The van der Waals surface area contributed by atoms with E-state index < -0.39 is 0 Å². The molecule has 7 heteroatoms. The number of rotatable bonds is 8. The van der Waals surface area contributed by atoms with Crippen molar-refractivity contribution < 1.29 is 14.3 Å². The van der Waals surface area contributed by atoms with Gasteiger partial charge in [-0.25, -0.2) is 0 Å². The summed E-state index contributed by atoms with van der Waals surface area (Å²) in [6.07, 6.45) is 3.99. The minimum absolute atomic E-state index is 0.0122. The van der Waals surface area contributed by atoms with Crippen molar-refractivity contribution in [2.45, 2.75) is 64.1 Å². The normalized spacial score (nSPS) is 18.2. The lowest BCUT2D eigenvalue weighted by atomic mass is 9.80. The zero-order valence-corrected chi connectivity index (χ0v) is 18.9. The van der Waals surface area contributed by atoms with Gasteiger partial charge in [0.2, 0.25) is 0 Å². The average Bonchev–Trinajstić information content (AvgIpc) is 2.65. The van der Waals surface area contributed by atoms with Crippen LogP contribution in [-0.2, 0) is 11.2 Å². The highest BCUT2D eigenvalue weighted by Crippen LogP contribution is 2.29. The van der Waals surface area contributed by atoms with E-state index >= 15 is 0 Å². The molecule has 1 aliphatic heterocycles. The molecule has 1 aliphatic rings. The number of benzene rings is 1. The zero-order valence-electron chi connectivity index (χ0n) is 18.9. The summed E-state index contributed by atoms with van der Waals surface area (Å²) in [5.74, 6) is 0.934. The molecule has 7 nitrogen and oxygen atoms in total. The number of nitrogens with zero attached hydrogens (tertiary/aromatic N) is 1. The van der Waals surface area contributed by atoms with Gasteiger partial charge in [0.15, 0.2) is 11.5 Å². The standard InChI is InChI=1S/C23H34N4O3/c1-22(2)12-18(13-23(3,4)27-22)26-15-17(14-24)21(28)25-10-9-16-7-8-19(29-5)20(11-16)30-6/h7-8,11,15,18,26-27H,9-10,12-13H2,1-6H3,(H,25,28)/b17-15-. The number of ether oxygens (including phenoxy) is 2. The molecule has 1 saturated heterocycles. The van der Waals surface area contributed by atoms with Crippen molar-refractivity contribution in [3.05, 3.63) is 35.5 Å². The summed E-state index contributed by atoms with van der Waals surface area (Å²) in [5.41, 5.74) is 1.06. The third-order valence-corrected chi connectivity index (χ3v) is 5.17.